The van der Waals surface area contributed by atoms with Crippen LogP contribution in [0.25, 0.3) is 11.1 Å². The van der Waals surface area contributed by atoms with Crippen LogP contribution in [0.3, 0.4) is 0 Å². The lowest BCUT2D eigenvalue weighted by atomic mass is 9.95. The van der Waals surface area contributed by atoms with Crippen LogP contribution in [0.4, 0.5) is 0 Å². The zero-order chi connectivity index (χ0) is 11.8. The fraction of sp³-hybridized carbons (Fsp3) is 0.235. The molecule has 0 heteroatoms. The molecule has 0 saturated carbocycles. The van der Waals surface area contributed by atoms with Crippen molar-refractivity contribution in [2.45, 2.75) is 26.7 Å². The molecule has 0 atom stereocenters. The predicted octanol–water partition coefficient (Wildman–Crippen LogP) is 4.47. The summed E-state index contributed by atoms with van der Waals surface area (Å²) >= 11 is 0. The molecule has 0 N–H and O–H groups in total. The Balaban J connectivity index is 2.13. The van der Waals surface area contributed by atoms with Crippen LogP contribution in [0, 0.1) is 20.3 Å². The first-order chi connectivity index (χ1) is 8.25. The molecular weight excluding hydrogens is 204 g/mol. The Labute approximate surface area is 103 Å². The zero-order valence-corrected chi connectivity index (χ0v) is 10.5. The van der Waals surface area contributed by atoms with Crippen LogP contribution in [0.2, 0.25) is 0 Å². The minimum Gasteiger partial charge on any atom is -0.0614 e. The zero-order valence-electron chi connectivity index (χ0n) is 10.5. The largest absolute Gasteiger partial charge is 0.0614 e. The van der Waals surface area contributed by atoms with Crippen LogP contribution in [0.1, 0.15) is 28.7 Å². The highest BCUT2D eigenvalue weighted by Crippen LogP contribution is 2.31. The first-order valence-corrected chi connectivity index (χ1v) is 6.28. The van der Waals surface area contributed by atoms with Gasteiger partial charge in [0.15, 0.2) is 0 Å². The van der Waals surface area contributed by atoms with E-state index in [0.717, 1.165) is 0 Å². The van der Waals surface area contributed by atoms with Gasteiger partial charge in [-0.15, -0.1) is 0 Å². The third-order valence-electron chi connectivity index (χ3n) is 3.84. The molecular formula is C17H17. The number of fused-ring (bicyclic) bond motifs is 1. The molecule has 1 radical (unpaired) electrons. The van der Waals surface area contributed by atoms with Gasteiger partial charge in [-0.25, -0.2) is 0 Å². The maximum Gasteiger partial charge on any atom is -0.00868 e. The molecule has 0 amide bonds. The Morgan fingerprint density at radius 3 is 2.76 bits per heavy atom. The van der Waals surface area contributed by atoms with Gasteiger partial charge in [-0.05, 0) is 66.5 Å². The Bertz CT molecular complexity index is 564. The average Bonchev–Trinajstić information content (AvgIpc) is 2.79. The molecule has 0 unspecified atom stereocenters. The fourth-order valence-corrected chi connectivity index (χ4v) is 2.63. The summed E-state index contributed by atoms with van der Waals surface area (Å²) in [5, 5.41) is 0. The topological polar surface area (TPSA) is 0 Å². The summed E-state index contributed by atoms with van der Waals surface area (Å²) < 4.78 is 0. The third-order valence-corrected chi connectivity index (χ3v) is 3.84. The highest BCUT2D eigenvalue weighted by Gasteiger charge is 2.12. The van der Waals surface area contributed by atoms with Crippen molar-refractivity contribution in [3.05, 3.63) is 65.1 Å². The third kappa shape index (κ3) is 1.78. The number of aryl methyl sites for hydroxylation is 2. The molecule has 0 heterocycles. The van der Waals surface area contributed by atoms with Gasteiger partial charge < -0.3 is 0 Å². The van der Waals surface area contributed by atoms with E-state index in [1.807, 2.05) is 0 Å². The van der Waals surface area contributed by atoms with Crippen molar-refractivity contribution in [1.82, 2.24) is 0 Å². The summed E-state index contributed by atoms with van der Waals surface area (Å²) in [7, 11) is 0. The predicted molar refractivity (Wildman–Crippen MR) is 73.1 cm³/mol. The standard InChI is InChI=1S/C17H17/c1-12-5-3-8-17(13(12)2)16-10-9-14-6-4-7-15(14)11-16/h3,5,7-11H,4,6H2,1-2H3. The van der Waals surface area contributed by atoms with Crippen molar-refractivity contribution in [2.24, 2.45) is 0 Å². The molecule has 0 fully saturated rings. The van der Waals surface area contributed by atoms with Crippen LogP contribution < -0.4 is 0 Å². The lowest BCUT2D eigenvalue weighted by Crippen LogP contribution is -1.89. The van der Waals surface area contributed by atoms with E-state index >= 15 is 0 Å². The van der Waals surface area contributed by atoms with Gasteiger partial charge in [-0.2, -0.15) is 0 Å². The molecule has 0 aliphatic heterocycles. The maximum absolute atomic E-state index is 2.35. The molecule has 1 aliphatic carbocycles. The first-order valence-electron chi connectivity index (χ1n) is 6.28. The van der Waals surface area contributed by atoms with Gasteiger partial charge in [-0.3, -0.25) is 0 Å². The van der Waals surface area contributed by atoms with Crippen LogP contribution in [-0.2, 0) is 6.42 Å². The summed E-state index contributed by atoms with van der Waals surface area (Å²) in [6.07, 6.45) is 4.76. The second-order valence-corrected chi connectivity index (χ2v) is 4.90. The van der Waals surface area contributed by atoms with E-state index < -0.39 is 0 Å². The molecule has 0 saturated heterocycles. The Morgan fingerprint density at radius 1 is 1.00 bits per heavy atom. The van der Waals surface area contributed by atoms with E-state index in [9.17, 15) is 0 Å². The summed E-state index contributed by atoms with van der Waals surface area (Å²) in [6.45, 7) is 4.39. The second kappa shape index (κ2) is 4.03. The summed E-state index contributed by atoms with van der Waals surface area (Å²) in [5.41, 5.74) is 8.41. The number of benzene rings is 2. The molecule has 2 aromatic carbocycles. The van der Waals surface area contributed by atoms with Crippen molar-refractivity contribution in [3.63, 3.8) is 0 Å². The lowest BCUT2D eigenvalue weighted by Gasteiger charge is -2.10. The Hall–Kier alpha value is -1.56. The quantitative estimate of drug-likeness (QED) is 0.666. The highest BCUT2D eigenvalue weighted by atomic mass is 14.2. The minimum absolute atomic E-state index is 1.20. The molecule has 85 valence electrons. The van der Waals surface area contributed by atoms with Gasteiger partial charge in [0.05, 0.1) is 0 Å². The Kier molecular flexibility index (Phi) is 2.51. The van der Waals surface area contributed by atoms with E-state index in [0.29, 0.717) is 0 Å². The normalized spacial score (nSPS) is 13.8. The summed E-state index contributed by atoms with van der Waals surface area (Å²) in [6, 6.07) is 13.4. The SMILES string of the molecule is Cc1cccc(-c2ccc3c(c2)[CH]CC3)c1C. The second-order valence-electron chi connectivity index (χ2n) is 4.90. The average molecular weight is 221 g/mol. The van der Waals surface area contributed by atoms with Gasteiger partial charge in [0, 0.05) is 0 Å². The van der Waals surface area contributed by atoms with Crippen molar-refractivity contribution in [2.75, 3.05) is 0 Å². The van der Waals surface area contributed by atoms with Crippen molar-refractivity contribution < 1.29 is 0 Å². The van der Waals surface area contributed by atoms with Gasteiger partial charge in [-0.1, -0.05) is 36.4 Å². The molecule has 1 aliphatic rings. The molecule has 0 nitrogen and oxygen atoms in total. The number of hydrogen-bond donors (Lipinski definition) is 0. The minimum atomic E-state index is 1.20. The lowest BCUT2D eigenvalue weighted by molar-refractivity contribution is 1.03. The van der Waals surface area contributed by atoms with Gasteiger partial charge in [0.25, 0.3) is 0 Å². The number of rotatable bonds is 1. The van der Waals surface area contributed by atoms with Crippen LogP contribution in [0.5, 0.6) is 0 Å². The van der Waals surface area contributed by atoms with E-state index in [4.69, 9.17) is 0 Å². The van der Waals surface area contributed by atoms with E-state index in [2.05, 4.69) is 56.7 Å². The molecule has 17 heavy (non-hydrogen) atoms. The van der Waals surface area contributed by atoms with Crippen LogP contribution in [-0.4, -0.2) is 0 Å². The van der Waals surface area contributed by atoms with Crippen molar-refractivity contribution in [3.8, 4) is 11.1 Å². The Morgan fingerprint density at radius 2 is 1.88 bits per heavy atom. The van der Waals surface area contributed by atoms with Gasteiger partial charge in [0.1, 0.15) is 0 Å². The molecule has 0 aromatic heterocycles. The summed E-state index contributed by atoms with van der Waals surface area (Å²) in [4.78, 5) is 0. The van der Waals surface area contributed by atoms with Crippen molar-refractivity contribution in [1.29, 1.82) is 0 Å². The van der Waals surface area contributed by atoms with Gasteiger partial charge >= 0.3 is 0 Å². The van der Waals surface area contributed by atoms with E-state index in [1.54, 1.807) is 0 Å². The molecule has 0 spiro atoms. The van der Waals surface area contributed by atoms with Crippen molar-refractivity contribution >= 4 is 0 Å². The fourth-order valence-electron chi connectivity index (χ4n) is 2.63. The summed E-state index contributed by atoms with van der Waals surface area (Å²) in [5.74, 6) is 0. The smallest absolute Gasteiger partial charge is 0.00868 e. The van der Waals surface area contributed by atoms with E-state index in [-0.39, 0.29) is 0 Å². The van der Waals surface area contributed by atoms with Crippen LogP contribution in [0.15, 0.2) is 36.4 Å². The molecule has 0 bridgehead atoms. The maximum atomic E-state index is 2.35. The monoisotopic (exact) mass is 221 g/mol. The molecule has 2 aromatic rings. The van der Waals surface area contributed by atoms with E-state index in [1.165, 1.54) is 46.2 Å². The highest BCUT2D eigenvalue weighted by molar-refractivity contribution is 5.70. The van der Waals surface area contributed by atoms with Gasteiger partial charge in [0.2, 0.25) is 0 Å². The number of hydrogen-bond acceptors (Lipinski definition) is 0. The molecule has 3 rings (SSSR count). The van der Waals surface area contributed by atoms with Crippen LogP contribution >= 0.6 is 0 Å². The first kappa shape index (κ1) is 10.6.